The van der Waals surface area contributed by atoms with Crippen LogP contribution in [0.25, 0.3) is 0 Å². The van der Waals surface area contributed by atoms with E-state index < -0.39 is 17.7 Å². The molecular formula is C12H11F2NS. The second kappa shape index (κ2) is 4.31. The zero-order valence-electron chi connectivity index (χ0n) is 8.71. The van der Waals surface area contributed by atoms with E-state index in [0.717, 1.165) is 16.5 Å². The Morgan fingerprint density at radius 2 is 2.00 bits per heavy atom. The lowest BCUT2D eigenvalue weighted by Gasteiger charge is -2.12. The van der Waals surface area contributed by atoms with E-state index >= 15 is 0 Å². The van der Waals surface area contributed by atoms with Gasteiger partial charge in [-0.2, -0.15) is 0 Å². The van der Waals surface area contributed by atoms with Gasteiger partial charge >= 0.3 is 0 Å². The summed E-state index contributed by atoms with van der Waals surface area (Å²) in [6.45, 7) is 1.92. The molecule has 2 rings (SSSR count). The van der Waals surface area contributed by atoms with Gasteiger partial charge in [0.25, 0.3) is 0 Å². The lowest BCUT2D eigenvalue weighted by Crippen LogP contribution is -2.13. The molecule has 16 heavy (non-hydrogen) atoms. The van der Waals surface area contributed by atoms with E-state index in [1.54, 1.807) is 0 Å². The Morgan fingerprint density at radius 1 is 1.25 bits per heavy atom. The van der Waals surface area contributed by atoms with E-state index in [9.17, 15) is 8.78 Å². The zero-order valence-corrected chi connectivity index (χ0v) is 9.52. The highest BCUT2D eigenvalue weighted by Gasteiger charge is 2.16. The summed E-state index contributed by atoms with van der Waals surface area (Å²) in [5, 5.41) is 1.91. The molecule has 0 amide bonds. The highest BCUT2D eigenvalue weighted by Crippen LogP contribution is 2.28. The molecule has 0 spiro atoms. The van der Waals surface area contributed by atoms with E-state index in [4.69, 9.17) is 5.73 Å². The van der Waals surface area contributed by atoms with Crippen molar-refractivity contribution in [3.63, 3.8) is 0 Å². The Kier molecular flexibility index (Phi) is 3.03. The van der Waals surface area contributed by atoms with Crippen LogP contribution in [0.5, 0.6) is 0 Å². The molecular weight excluding hydrogens is 228 g/mol. The zero-order chi connectivity index (χ0) is 11.7. The van der Waals surface area contributed by atoms with Gasteiger partial charge in [-0.1, -0.05) is 6.07 Å². The van der Waals surface area contributed by atoms with Gasteiger partial charge in [0.1, 0.15) is 11.6 Å². The topological polar surface area (TPSA) is 26.0 Å². The average molecular weight is 239 g/mol. The molecule has 2 aromatic rings. The first-order valence-corrected chi connectivity index (χ1v) is 5.72. The van der Waals surface area contributed by atoms with Crippen LogP contribution in [0.4, 0.5) is 8.78 Å². The van der Waals surface area contributed by atoms with Crippen molar-refractivity contribution in [2.24, 2.45) is 5.73 Å². The Morgan fingerprint density at radius 3 is 2.56 bits per heavy atom. The van der Waals surface area contributed by atoms with Crippen molar-refractivity contribution >= 4 is 11.3 Å². The standard InChI is InChI=1S/C12H11F2NS/c1-7-4-5-16-12(7)11(15)9-3-2-8(13)6-10(9)14/h2-6,11H,15H2,1H3. The molecule has 0 bridgehead atoms. The number of thiophene rings is 1. The van der Waals surface area contributed by atoms with Crippen LogP contribution in [0.15, 0.2) is 29.6 Å². The van der Waals surface area contributed by atoms with Gasteiger partial charge in [-0.25, -0.2) is 8.78 Å². The predicted octanol–water partition coefficient (Wildman–Crippen LogP) is 3.38. The SMILES string of the molecule is Cc1ccsc1C(N)c1ccc(F)cc1F. The first-order chi connectivity index (χ1) is 7.59. The fraction of sp³-hybridized carbons (Fsp3) is 0.167. The molecule has 1 aromatic heterocycles. The van der Waals surface area contributed by atoms with E-state index in [2.05, 4.69) is 0 Å². The number of benzene rings is 1. The third-order valence-corrected chi connectivity index (χ3v) is 3.58. The van der Waals surface area contributed by atoms with Gasteiger partial charge in [0.2, 0.25) is 0 Å². The number of aryl methyl sites for hydroxylation is 1. The van der Waals surface area contributed by atoms with Gasteiger partial charge in [0, 0.05) is 16.5 Å². The monoisotopic (exact) mass is 239 g/mol. The number of halogens is 2. The van der Waals surface area contributed by atoms with Crippen LogP contribution in [0.2, 0.25) is 0 Å². The van der Waals surface area contributed by atoms with Crippen LogP contribution in [-0.2, 0) is 0 Å². The van der Waals surface area contributed by atoms with Crippen molar-refractivity contribution in [1.29, 1.82) is 0 Å². The smallest absolute Gasteiger partial charge is 0.131 e. The van der Waals surface area contributed by atoms with Crippen LogP contribution < -0.4 is 5.73 Å². The van der Waals surface area contributed by atoms with Crippen LogP contribution >= 0.6 is 11.3 Å². The third-order valence-electron chi connectivity index (χ3n) is 2.48. The van der Waals surface area contributed by atoms with Crippen LogP contribution in [-0.4, -0.2) is 0 Å². The average Bonchev–Trinajstić information content (AvgIpc) is 2.63. The van der Waals surface area contributed by atoms with Gasteiger partial charge < -0.3 is 5.73 Å². The highest BCUT2D eigenvalue weighted by atomic mass is 32.1. The van der Waals surface area contributed by atoms with E-state index in [0.29, 0.717) is 5.56 Å². The minimum atomic E-state index is -0.597. The van der Waals surface area contributed by atoms with Crippen molar-refractivity contribution in [1.82, 2.24) is 0 Å². The lowest BCUT2D eigenvalue weighted by atomic mass is 10.0. The summed E-state index contributed by atoms with van der Waals surface area (Å²) >= 11 is 1.48. The number of nitrogens with two attached hydrogens (primary N) is 1. The van der Waals surface area contributed by atoms with Crippen molar-refractivity contribution < 1.29 is 8.78 Å². The fourth-order valence-electron chi connectivity index (χ4n) is 1.60. The molecule has 84 valence electrons. The Hall–Kier alpha value is -1.26. The predicted molar refractivity (Wildman–Crippen MR) is 61.4 cm³/mol. The summed E-state index contributed by atoms with van der Waals surface area (Å²) in [6.07, 6.45) is 0. The maximum absolute atomic E-state index is 13.5. The molecule has 1 heterocycles. The van der Waals surface area contributed by atoms with Crippen LogP contribution in [0.1, 0.15) is 22.0 Å². The molecule has 4 heteroatoms. The van der Waals surface area contributed by atoms with Gasteiger partial charge in [0.15, 0.2) is 0 Å². The molecule has 1 nitrogen and oxygen atoms in total. The van der Waals surface area contributed by atoms with Crippen molar-refractivity contribution in [3.8, 4) is 0 Å². The van der Waals surface area contributed by atoms with E-state index in [-0.39, 0.29) is 0 Å². The summed E-state index contributed by atoms with van der Waals surface area (Å²) in [6, 6.07) is 4.88. The minimum Gasteiger partial charge on any atom is -0.320 e. The second-order valence-electron chi connectivity index (χ2n) is 3.61. The molecule has 1 atom stereocenters. The molecule has 0 radical (unpaired) electrons. The van der Waals surface area contributed by atoms with Crippen molar-refractivity contribution in [2.45, 2.75) is 13.0 Å². The normalized spacial score (nSPS) is 12.8. The molecule has 0 aliphatic rings. The molecule has 0 saturated heterocycles. The maximum Gasteiger partial charge on any atom is 0.131 e. The van der Waals surface area contributed by atoms with E-state index in [1.807, 2.05) is 18.4 Å². The van der Waals surface area contributed by atoms with Gasteiger partial charge in [0.05, 0.1) is 6.04 Å². The summed E-state index contributed by atoms with van der Waals surface area (Å²) in [5.41, 5.74) is 7.32. The molecule has 0 saturated carbocycles. The molecule has 0 aliphatic heterocycles. The number of rotatable bonds is 2. The quantitative estimate of drug-likeness (QED) is 0.854. The van der Waals surface area contributed by atoms with Crippen molar-refractivity contribution in [2.75, 3.05) is 0 Å². The highest BCUT2D eigenvalue weighted by molar-refractivity contribution is 7.10. The molecule has 0 fully saturated rings. The lowest BCUT2D eigenvalue weighted by molar-refractivity contribution is 0.566. The van der Waals surface area contributed by atoms with E-state index in [1.165, 1.54) is 23.5 Å². The first kappa shape index (κ1) is 11.2. The number of hydrogen-bond acceptors (Lipinski definition) is 2. The van der Waals surface area contributed by atoms with Gasteiger partial charge in [-0.3, -0.25) is 0 Å². The molecule has 1 unspecified atom stereocenters. The summed E-state index contributed by atoms with van der Waals surface area (Å²) in [5.74, 6) is -1.18. The largest absolute Gasteiger partial charge is 0.320 e. The first-order valence-electron chi connectivity index (χ1n) is 4.84. The van der Waals surface area contributed by atoms with Gasteiger partial charge in [-0.05, 0) is 30.0 Å². The van der Waals surface area contributed by atoms with Crippen LogP contribution in [0, 0.1) is 18.6 Å². The molecule has 1 aromatic carbocycles. The third kappa shape index (κ3) is 1.99. The number of hydrogen-bond donors (Lipinski definition) is 1. The van der Waals surface area contributed by atoms with Gasteiger partial charge in [-0.15, -0.1) is 11.3 Å². The Bertz CT molecular complexity index is 507. The Balaban J connectivity index is 2.41. The summed E-state index contributed by atoms with van der Waals surface area (Å²) in [7, 11) is 0. The molecule has 2 N–H and O–H groups in total. The fourth-order valence-corrected chi connectivity index (χ4v) is 2.54. The Labute approximate surface area is 96.5 Å². The van der Waals surface area contributed by atoms with Crippen molar-refractivity contribution in [3.05, 3.63) is 57.3 Å². The maximum atomic E-state index is 13.5. The summed E-state index contributed by atoms with van der Waals surface area (Å²) < 4.78 is 26.3. The molecule has 0 aliphatic carbocycles. The second-order valence-corrected chi connectivity index (χ2v) is 4.56. The minimum absolute atomic E-state index is 0.326. The van der Waals surface area contributed by atoms with Crippen LogP contribution in [0.3, 0.4) is 0 Å². The summed E-state index contributed by atoms with van der Waals surface area (Å²) in [4.78, 5) is 0.908.